The Morgan fingerprint density at radius 2 is 2.26 bits per heavy atom. The lowest BCUT2D eigenvalue weighted by Crippen LogP contribution is -2.35. The molecule has 0 bridgehead atoms. The first-order chi connectivity index (χ1) is 9.22. The first-order valence-electron chi connectivity index (χ1n) is 6.86. The maximum absolute atomic E-state index is 12.0. The molecule has 104 valence electrons. The van der Waals surface area contributed by atoms with Crippen molar-refractivity contribution in [2.45, 2.75) is 19.9 Å². The van der Waals surface area contributed by atoms with E-state index in [0.717, 1.165) is 44.0 Å². The SMILES string of the molecule is CCNCc1cccnc1N1CCCN(C)C(=O)C1. The third-order valence-electron chi connectivity index (χ3n) is 3.41. The van der Waals surface area contributed by atoms with Gasteiger partial charge in [0.2, 0.25) is 5.91 Å². The number of hydrogen-bond acceptors (Lipinski definition) is 4. The summed E-state index contributed by atoms with van der Waals surface area (Å²) in [6, 6.07) is 4.02. The Labute approximate surface area is 114 Å². The van der Waals surface area contributed by atoms with E-state index in [4.69, 9.17) is 0 Å². The van der Waals surface area contributed by atoms with Gasteiger partial charge in [0.15, 0.2) is 0 Å². The molecular formula is C14H22N4O. The average molecular weight is 262 g/mol. The Bertz CT molecular complexity index is 435. The third-order valence-corrected chi connectivity index (χ3v) is 3.41. The van der Waals surface area contributed by atoms with Gasteiger partial charge < -0.3 is 15.1 Å². The van der Waals surface area contributed by atoms with E-state index in [-0.39, 0.29) is 5.91 Å². The fourth-order valence-corrected chi connectivity index (χ4v) is 2.28. The summed E-state index contributed by atoms with van der Waals surface area (Å²) in [6.45, 7) is 5.93. The van der Waals surface area contributed by atoms with Crippen molar-refractivity contribution in [1.82, 2.24) is 15.2 Å². The molecule has 0 aromatic carbocycles. The van der Waals surface area contributed by atoms with Crippen molar-refractivity contribution in [3.8, 4) is 0 Å². The normalized spacial score (nSPS) is 16.6. The molecule has 0 spiro atoms. The number of likely N-dealkylation sites (N-methyl/N-ethyl adjacent to an activating group) is 1. The van der Waals surface area contributed by atoms with Crippen LogP contribution in [-0.2, 0) is 11.3 Å². The maximum atomic E-state index is 12.0. The van der Waals surface area contributed by atoms with Gasteiger partial charge in [-0.3, -0.25) is 4.79 Å². The Hall–Kier alpha value is -1.62. The fraction of sp³-hybridized carbons (Fsp3) is 0.571. The van der Waals surface area contributed by atoms with E-state index in [0.29, 0.717) is 6.54 Å². The second-order valence-electron chi connectivity index (χ2n) is 4.86. The highest BCUT2D eigenvalue weighted by molar-refractivity contribution is 5.81. The van der Waals surface area contributed by atoms with E-state index in [1.165, 1.54) is 0 Å². The summed E-state index contributed by atoms with van der Waals surface area (Å²) in [4.78, 5) is 20.3. The number of carbonyl (C=O) groups is 1. The molecule has 19 heavy (non-hydrogen) atoms. The molecule has 5 nitrogen and oxygen atoms in total. The summed E-state index contributed by atoms with van der Waals surface area (Å²) in [5.41, 5.74) is 1.15. The minimum absolute atomic E-state index is 0.164. The molecule has 1 saturated heterocycles. The molecule has 2 heterocycles. The van der Waals surface area contributed by atoms with Crippen molar-refractivity contribution in [3.63, 3.8) is 0 Å². The zero-order valence-electron chi connectivity index (χ0n) is 11.7. The highest BCUT2D eigenvalue weighted by atomic mass is 16.2. The van der Waals surface area contributed by atoms with Crippen molar-refractivity contribution in [2.24, 2.45) is 0 Å². The molecule has 0 aliphatic carbocycles. The third kappa shape index (κ3) is 3.44. The van der Waals surface area contributed by atoms with Gasteiger partial charge in [0.1, 0.15) is 5.82 Å². The minimum Gasteiger partial charge on any atom is -0.347 e. The van der Waals surface area contributed by atoms with Crippen LogP contribution >= 0.6 is 0 Å². The summed E-state index contributed by atoms with van der Waals surface area (Å²) >= 11 is 0. The zero-order valence-corrected chi connectivity index (χ0v) is 11.7. The number of rotatable bonds is 4. The number of nitrogens with zero attached hydrogens (tertiary/aromatic N) is 3. The van der Waals surface area contributed by atoms with Crippen molar-refractivity contribution >= 4 is 11.7 Å². The Balaban J connectivity index is 2.18. The topological polar surface area (TPSA) is 48.5 Å². The number of pyridine rings is 1. The molecule has 1 aromatic rings. The number of nitrogens with one attached hydrogen (secondary N) is 1. The highest BCUT2D eigenvalue weighted by Crippen LogP contribution is 2.19. The molecule has 0 atom stereocenters. The monoisotopic (exact) mass is 262 g/mol. The Morgan fingerprint density at radius 3 is 3.05 bits per heavy atom. The number of amides is 1. The molecule has 1 N–H and O–H groups in total. The minimum atomic E-state index is 0.164. The molecule has 1 aliphatic heterocycles. The van der Waals surface area contributed by atoms with Crippen LogP contribution in [0.2, 0.25) is 0 Å². The summed E-state index contributed by atoms with van der Waals surface area (Å²) in [5, 5.41) is 3.32. The van der Waals surface area contributed by atoms with Crippen molar-refractivity contribution in [1.29, 1.82) is 0 Å². The van der Waals surface area contributed by atoms with Crippen LogP contribution < -0.4 is 10.2 Å². The first-order valence-corrected chi connectivity index (χ1v) is 6.86. The Morgan fingerprint density at radius 1 is 1.42 bits per heavy atom. The van der Waals surface area contributed by atoms with Crippen LogP contribution in [0.4, 0.5) is 5.82 Å². The van der Waals surface area contributed by atoms with Gasteiger partial charge in [-0.25, -0.2) is 4.98 Å². The van der Waals surface area contributed by atoms with E-state index in [1.807, 2.05) is 13.1 Å². The van der Waals surface area contributed by atoms with Gasteiger partial charge in [-0.15, -0.1) is 0 Å². The van der Waals surface area contributed by atoms with Crippen molar-refractivity contribution < 1.29 is 4.79 Å². The standard InChI is InChI=1S/C14H22N4O/c1-3-15-10-12-6-4-7-16-14(12)18-9-5-8-17(2)13(19)11-18/h4,6-7,15H,3,5,8-11H2,1-2H3. The summed E-state index contributed by atoms with van der Waals surface area (Å²) in [6.07, 6.45) is 2.78. The molecule has 2 rings (SSSR count). The van der Waals surface area contributed by atoms with Gasteiger partial charge >= 0.3 is 0 Å². The zero-order chi connectivity index (χ0) is 13.7. The molecule has 0 saturated carbocycles. The lowest BCUT2D eigenvalue weighted by atomic mass is 10.2. The number of carbonyl (C=O) groups excluding carboxylic acids is 1. The average Bonchev–Trinajstić information content (AvgIpc) is 2.59. The van der Waals surface area contributed by atoms with Crippen LogP contribution in [0, 0.1) is 0 Å². The van der Waals surface area contributed by atoms with Gasteiger partial charge in [0, 0.05) is 38.4 Å². The van der Waals surface area contributed by atoms with Gasteiger partial charge in [-0.1, -0.05) is 13.0 Å². The quantitative estimate of drug-likeness (QED) is 0.874. The lowest BCUT2D eigenvalue weighted by molar-refractivity contribution is -0.127. The van der Waals surface area contributed by atoms with E-state index in [2.05, 4.69) is 28.2 Å². The van der Waals surface area contributed by atoms with Gasteiger partial charge in [-0.2, -0.15) is 0 Å². The largest absolute Gasteiger partial charge is 0.347 e. The van der Waals surface area contributed by atoms with Gasteiger partial charge in [-0.05, 0) is 19.0 Å². The van der Waals surface area contributed by atoms with E-state index >= 15 is 0 Å². The van der Waals surface area contributed by atoms with E-state index in [1.54, 1.807) is 11.1 Å². The van der Waals surface area contributed by atoms with Crippen molar-refractivity contribution in [3.05, 3.63) is 23.9 Å². The predicted octanol–water partition coefficient (Wildman–Crippen LogP) is 0.860. The highest BCUT2D eigenvalue weighted by Gasteiger charge is 2.21. The number of aromatic nitrogens is 1. The molecule has 0 radical (unpaired) electrons. The summed E-state index contributed by atoms with van der Waals surface area (Å²) in [5.74, 6) is 1.10. The molecular weight excluding hydrogens is 240 g/mol. The molecule has 1 aliphatic rings. The second kappa shape index (κ2) is 6.52. The van der Waals surface area contributed by atoms with Crippen LogP contribution in [0.25, 0.3) is 0 Å². The molecule has 5 heteroatoms. The van der Waals surface area contributed by atoms with Gasteiger partial charge in [0.25, 0.3) is 0 Å². The first kappa shape index (κ1) is 13.8. The fourth-order valence-electron chi connectivity index (χ4n) is 2.28. The molecule has 1 fully saturated rings. The van der Waals surface area contributed by atoms with Gasteiger partial charge in [0.05, 0.1) is 6.54 Å². The maximum Gasteiger partial charge on any atom is 0.241 e. The van der Waals surface area contributed by atoms with Crippen molar-refractivity contribution in [2.75, 3.05) is 38.1 Å². The number of anilines is 1. The summed E-state index contributed by atoms with van der Waals surface area (Å²) in [7, 11) is 1.86. The van der Waals surface area contributed by atoms with Crippen LogP contribution in [-0.4, -0.2) is 49.0 Å². The molecule has 1 aromatic heterocycles. The van der Waals surface area contributed by atoms with Crippen LogP contribution in [0.1, 0.15) is 18.9 Å². The van der Waals surface area contributed by atoms with Crippen LogP contribution in [0.15, 0.2) is 18.3 Å². The molecule has 0 unspecified atom stereocenters. The van der Waals surface area contributed by atoms with Crippen LogP contribution in [0.5, 0.6) is 0 Å². The number of hydrogen-bond donors (Lipinski definition) is 1. The smallest absolute Gasteiger partial charge is 0.241 e. The van der Waals surface area contributed by atoms with Crippen LogP contribution in [0.3, 0.4) is 0 Å². The second-order valence-corrected chi connectivity index (χ2v) is 4.86. The van der Waals surface area contributed by atoms with E-state index in [9.17, 15) is 4.79 Å². The lowest BCUT2D eigenvalue weighted by Gasteiger charge is -2.23. The predicted molar refractivity (Wildman–Crippen MR) is 76.1 cm³/mol. The molecule has 1 amide bonds. The Kier molecular flexibility index (Phi) is 4.74. The summed E-state index contributed by atoms with van der Waals surface area (Å²) < 4.78 is 0. The van der Waals surface area contributed by atoms with E-state index < -0.39 is 0 Å².